The van der Waals surface area contributed by atoms with Gasteiger partial charge in [0.2, 0.25) is 10.0 Å². The number of rotatable bonds is 4. The van der Waals surface area contributed by atoms with Gasteiger partial charge in [-0.25, -0.2) is 22.8 Å². The Morgan fingerprint density at radius 2 is 1.43 bits per heavy atom. The van der Waals surface area contributed by atoms with Gasteiger partial charge in [0.05, 0.1) is 0 Å². The molecule has 4 rings (SSSR count). The van der Waals surface area contributed by atoms with Crippen molar-refractivity contribution in [1.82, 2.24) is 14.3 Å². The molecule has 3 heterocycles. The third kappa shape index (κ3) is 3.81. The van der Waals surface area contributed by atoms with Gasteiger partial charge in [-0.3, -0.25) is 0 Å². The van der Waals surface area contributed by atoms with E-state index in [1.807, 2.05) is 6.07 Å². The number of aromatic nitrogens is 2. The maximum Gasteiger partial charge on any atom is 0.246 e. The van der Waals surface area contributed by atoms with Crippen LogP contribution in [0.4, 0.5) is 16.0 Å². The van der Waals surface area contributed by atoms with Gasteiger partial charge in [0.15, 0.2) is 0 Å². The molecule has 2 aliphatic rings. The first kappa shape index (κ1) is 19.1. The lowest BCUT2D eigenvalue weighted by molar-refractivity contribution is 0.381. The van der Waals surface area contributed by atoms with Crippen LogP contribution in [0.2, 0.25) is 0 Å². The Morgan fingerprint density at radius 3 is 2.07 bits per heavy atom. The maximum absolute atomic E-state index is 14.0. The minimum Gasteiger partial charge on any atom is -0.356 e. The molecule has 2 aliphatic heterocycles. The van der Waals surface area contributed by atoms with E-state index in [0.717, 1.165) is 24.7 Å². The number of piperidine rings is 1. The summed E-state index contributed by atoms with van der Waals surface area (Å²) < 4.78 is 40.8. The molecule has 9 heteroatoms. The van der Waals surface area contributed by atoms with E-state index in [4.69, 9.17) is 0 Å². The molecular weight excluding hydrogens is 381 g/mol. The van der Waals surface area contributed by atoms with Gasteiger partial charge in [-0.2, -0.15) is 4.31 Å². The average Bonchev–Trinajstić information content (AvgIpc) is 2.75. The summed E-state index contributed by atoms with van der Waals surface area (Å²) in [6.45, 7) is 3.60. The van der Waals surface area contributed by atoms with E-state index in [-0.39, 0.29) is 4.90 Å². The minimum absolute atomic E-state index is 0.266. The van der Waals surface area contributed by atoms with Crippen LogP contribution in [0.25, 0.3) is 0 Å². The zero-order chi connectivity index (χ0) is 19.6. The summed E-state index contributed by atoms with van der Waals surface area (Å²) in [5.41, 5.74) is 0. The third-order valence-corrected chi connectivity index (χ3v) is 7.27. The van der Waals surface area contributed by atoms with Crippen molar-refractivity contribution in [3.63, 3.8) is 0 Å². The molecule has 0 radical (unpaired) electrons. The molecule has 2 aromatic rings. The lowest BCUT2D eigenvalue weighted by atomic mass is 10.1. The molecule has 7 nitrogen and oxygen atoms in total. The SMILES string of the molecule is O=S(=O)(c1ccccc1F)N1CCN(c2cc(N3CCCCC3)ncn2)CC1. The molecule has 0 amide bonds. The van der Waals surface area contributed by atoms with Gasteiger partial charge in [0.1, 0.15) is 28.7 Å². The lowest BCUT2D eigenvalue weighted by Gasteiger charge is -2.35. The summed E-state index contributed by atoms with van der Waals surface area (Å²) in [4.78, 5) is 12.8. The van der Waals surface area contributed by atoms with Gasteiger partial charge < -0.3 is 9.80 Å². The second kappa shape index (κ2) is 8.00. The number of halogens is 1. The van der Waals surface area contributed by atoms with E-state index < -0.39 is 15.8 Å². The van der Waals surface area contributed by atoms with Gasteiger partial charge in [0, 0.05) is 45.3 Å². The smallest absolute Gasteiger partial charge is 0.246 e. The fourth-order valence-corrected chi connectivity index (χ4v) is 5.24. The number of benzene rings is 1. The Labute approximate surface area is 164 Å². The molecule has 1 aromatic carbocycles. The van der Waals surface area contributed by atoms with Crippen molar-refractivity contribution in [2.75, 3.05) is 49.1 Å². The second-order valence-corrected chi connectivity index (χ2v) is 9.01. The molecule has 0 aliphatic carbocycles. The van der Waals surface area contributed by atoms with Crippen LogP contribution in [-0.2, 0) is 10.0 Å². The topological polar surface area (TPSA) is 69.6 Å². The van der Waals surface area contributed by atoms with Crippen LogP contribution >= 0.6 is 0 Å². The van der Waals surface area contributed by atoms with Crippen LogP contribution in [0, 0.1) is 5.82 Å². The monoisotopic (exact) mass is 405 g/mol. The first-order chi connectivity index (χ1) is 13.6. The lowest BCUT2D eigenvalue weighted by Crippen LogP contribution is -2.49. The zero-order valence-electron chi connectivity index (χ0n) is 15.7. The van der Waals surface area contributed by atoms with Gasteiger partial charge in [0.25, 0.3) is 0 Å². The molecule has 150 valence electrons. The van der Waals surface area contributed by atoms with Gasteiger partial charge >= 0.3 is 0 Å². The molecule has 28 heavy (non-hydrogen) atoms. The number of anilines is 2. The number of hydrogen-bond donors (Lipinski definition) is 0. The minimum atomic E-state index is -3.83. The van der Waals surface area contributed by atoms with Crippen molar-refractivity contribution < 1.29 is 12.8 Å². The molecule has 0 unspecified atom stereocenters. The summed E-state index contributed by atoms with van der Waals surface area (Å²) >= 11 is 0. The van der Waals surface area contributed by atoms with Crippen molar-refractivity contribution in [1.29, 1.82) is 0 Å². The molecule has 0 N–H and O–H groups in total. The van der Waals surface area contributed by atoms with Gasteiger partial charge in [-0.15, -0.1) is 0 Å². The highest BCUT2D eigenvalue weighted by Gasteiger charge is 2.31. The molecule has 0 saturated carbocycles. The van der Waals surface area contributed by atoms with E-state index in [0.29, 0.717) is 26.2 Å². The largest absolute Gasteiger partial charge is 0.356 e. The van der Waals surface area contributed by atoms with Crippen LogP contribution < -0.4 is 9.80 Å². The van der Waals surface area contributed by atoms with Crippen molar-refractivity contribution in [2.24, 2.45) is 0 Å². The predicted octanol–water partition coefficient (Wildman–Crippen LogP) is 2.12. The maximum atomic E-state index is 14.0. The molecule has 2 fully saturated rings. The van der Waals surface area contributed by atoms with Gasteiger partial charge in [-0.1, -0.05) is 12.1 Å². The molecule has 2 saturated heterocycles. The number of piperazine rings is 1. The van der Waals surface area contributed by atoms with Crippen molar-refractivity contribution in [2.45, 2.75) is 24.2 Å². The molecule has 0 spiro atoms. The fourth-order valence-electron chi connectivity index (χ4n) is 3.76. The number of nitrogens with zero attached hydrogens (tertiary/aromatic N) is 5. The van der Waals surface area contributed by atoms with E-state index in [9.17, 15) is 12.8 Å². The molecule has 1 aromatic heterocycles. The Kier molecular flexibility index (Phi) is 5.45. The van der Waals surface area contributed by atoms with Crippen LogP contribution in [0.1, 0.15) is 19.3 Å². The third-order valence-electron chi connectivity index (χ3n) is 5.34. The van der Waals surface area contributed by atoms with Crippen molar-refractivity contribution in [3.05, 3.63) is 42.5 Å². The fraction of sp³-hybridized carbons (Fsp3) is 0.474. The summed E-state index contributed by atoms with van der Waals surface area (Å²) in [7, 11) is -3.83. The first-order valence-corrected chi connectivity index (χ1v) is 11.1. The number of sulfonamides is 1. The van der Waals surface area contributed by atoms with Crippen LogP contribution in [0.15, 0.2) is 41.6 Å². The van der Waals surface area contributed by atoms with E-state index >= 15 is 0 Å². The quantitative estimate of drug-likeness (QED) is 0.776. The normalized spacial score (nSPS) is 19.0. The van der Waals surface area contributed by atoms with Crippen molar-refractivity contribution >= 4 is 21.7 Å². The zero-order valence-corrected chi connectivity index (χ0v) is 16.5. The van der Waals surface area contributed by atoms with E-state index in [1.165, 1.54) is 47.8 Å². The number of hydrogen-bond acceptors (Lipinski definition) is 6. The summed E-state index contributed by atoms with van der Waals surface area (Å²) in [5, 5.41) is 0. The molecule has 0 bridgehead atoms. The predicted molar refractivity (Wildman–Crippen MR) is 105 cm³/mol. The highest BCUT2D eigenvalue weighted by Crippen LogP contribution is 2.24. The van der Waals surface area contributed by atoms with Crippen LogP contribution in [0.3, 0.4) is 0 Å². The average molecular weight is 405 g/mol. The van der Waals surface area contributed by atoms with Gasteiger partial charge in [-0.05, 0) is 31.4 Å². The Bertz CT molecular complexity index is 925. The highest BCUT2D eigenvalue weighted by atomic mass is 32.2. The Morgan fingerprint density at radius 1 is 0.821 bits per heavy atom. The Hall–Kier alpha value is -2.26. The Balaban J connectivity index is 1.45. The van der Waals surface area contributed by atoms with Crippen LogP contribution in [-0.4, -0.2) is 62.0 Å². The summed E-state index contributed by atoms with van der Waals surface area (Å²) in [5.74, 6) is 1.01. The molecular formula is C19H24FN5O2S. The highest BCUT2D eigenvalue weighted by molar-refractivity contribution is 7.89. The van der Waals surface area contributed by atoms with E-state index in [2.05, 4.69) is 19.8 Å². The van der Waals surface area contributed by atoms with E-state index in [1.54, 1.807) is 6.33 Å². The van der Waals surface area contributed by atoms with Crippen LogP contribution in [0.5, 0.6) is 0 Å². The molecule has 0 atom stereocenters. The summed E-state index contributed by atoms with van der Waals surface area (Å²) in [6, 6.07) is 7.49. The first-order valence-electron chi connectivity index (χ1n) is 9.62. The summed E-state index contributed by atoms with van der Waals surface area (Å²) in [6.07, 6.45) is 5.17. The second-order valence-electron chi connectivity index (χ2n) is 7.10. The van der Waals surface area contributed by atoms with Crippen molar-refractivity contribution in [3.8, 4) is 0 Å². The standard InChI is InChI=1S/C19H24FN5O2S/c20-16-6-2-3-7-17(16)28(26,27)25-12-10-24(11-13-25)19-14-18(21-15-22-19)23-8-4-1-5-9-23/h2-3,6-7,14-15H,1,4-5,8-13H2.